The summed E-state index contributed by atoms with van der Waals surface area (Å²) in [7, 11) is 0.105. The van der Waals surface area contributed by atoms with Crippen molar-refractivity contribution in [3.05, 3.63) is 104 Å². The molecular weight excluding hydrogens is 726 g/mol. The van der Waals surface area contributed by atoms with Gasteiger partial charge in [-0.15, -0.1) is 0 Å². The zero-order valence-corrected chi connectivity index (χ0v) is 34.9. The number of nitrogens with one attached hydrogen (secondary N) is 1. The number of H-pyrrole nitrogens is 1. The quantitative estimate of drug-likeness (QED) is 0.188. The number of ether oxygens (including phenoxy) is 1. The summed E-state index contributed by atoms with van der Waals surface area (Å²) in [5.74, 6) is 0. The molecule has 0 saturated carbocycles. The number of nitrogens with zero attached hydrogens (tertiary/aromatic N) is 3. The summed E-state index contributed by atoms with van der Waals surface area (Å²) >= 11 is 6.07. The highest BCUT2D eigenvalue weighted by molar-refractivity contribution is 7.78. The second-order valence-corrected chi connectivity index (χ2v) is 24.7. The van der Waals surface area contributed by atoms with E-state index in [-0.39, 0.29) is 46.5 Å². The molecule has 3 aliphatic heterocycles. The van der Waals surface area contributed by atoms with Gasteiger partial charge in [-0.2, -0.15) is 0 Å². The monoisotopic (exact) mass is 780 g/mol. The van der Waals surface area contributed by atoms with Gasteiger partial charge in [-0.1, -0.05) is 94.5 Å². The number of halogens is 1. The molecule has 3 fully saturated rings. The van der Waals surface area contributed by atoms with Gasteiger partial charge >= 0.3 is 5.69 Å². The average Bonchev–Trinajstić information content (AvgIpc) is 3.68. The zero-order valence-electron chi connectivity index (χ0n) is 31.4. The number of hydrogen-bond donors (Lipinski definition) is 1. The second kappa shape index (κ2) is 17.1. The summed E-state index contributed by atoms with van der Waals surface area (Å²) in [5.41, 5.74) is 1.99. The first-order chi connectivity index (χ1) is 23.5. The van der Waals surface area contributed by atoms with E-state index in [2.05, 4.69) is 86.3 Å². The Bertz CT molecular complexity index is 1700. The van der Waals surface area contributed by atoms with Crippen molar-refractivity contribution < 1.29 is 23.8 Å². The number of benzene rings is 2. The zero-order chi connectivity index (χ0) is 36.5. The van der Waals surface area contributed by atoms with Crippen molar-refractivity contribution in [2.24, 2.45) is 0 Å². The van der Waals surface area contributed by atoms with Gasteiger partial charge in [0.25, 0.3) is 14.1 Å². The van der Waals surface area contributed by atoms with Crippen LogP contribution in [0.1, 0.15) is 76.2 Å². The van der Waals surface area contributed by atoms with Crippen LogP contribution in [0.2, 0.25) is 24.2 Å². The molecule has 11 nitrogen and oxygen atoms in total. The molecule has 2 aromatic carbocycles. The lowest BCUT2D eigenvalue weighted by molar-refractivity contribution is -0.00844. The molecule has 0 bridgehead atoms. The number of aryl methyl sites for hydroxylation is 1. The van der Waals surface area contributed by atoms with E-state index in [9.17, 15) is 9.59 Å². The maximum atomic E-state index is 12.6. The largest absolute Gasteiger partial charge is 0.412 e. The lowest BCUT2D eigenvalue weighted by atomic mass is 10.0. The van der Waals surface area contributed by atoms with Crippen LogP contribution in [0.5, 0.6) is 0 Å². The van der Waals surface area contributed by atoms with Gasteiger partial charge in [-0.05, 0) is 68.3 Å². The van der Waals surface area contributed by atoms with Gasteiger partial charge in [0.15, 0.2) is 0 Å². The van der Waals surface area contributed by atoms with Crippen molar-refractivity contribution in [2.45, 2.75) is 115 Å². The van der Waals surface area contributed by atoms with Gasteiger partial charge in [-0.25, -0.2) is 14.1 Å². The minimum atomic E-state index is -1.73. The molecular formula is C36H55ClN4O7P2Si. The maximum absolute atomic E-state index is 12.6. The summed E-state index contributed by atoms with van der Waals surface area (Å²) in [6.07, 6.45) is 1.27. The molecule has 3 aromatic rings. The summed E-state index contributed by atoms with van der Waals surface area (Å²) in [6.45, 7) is 17.6. The Kier molecular flexibility index (Phi) is 14.1. The third kappa shape index (κ3) is 9.48. The van der Waals surface area contributed by atoms with E-state index < -0.39 is 36.2 Å². The Morgan fingerprint density at radius 2 is 1.45 bits per heavy atom. The number of aromatic nitrogens is 2. The van der Waals surface area contributed by atoms with Crippen LogP contribution in [-0.2, 0) is 18.3 Å². The first-order valence-electron chi connectivity index (χ1n) is 17.3. The van der Waals surface area contributed by atoms with Crippen molar-refractivity contribution in [3.63, 3.8) is 0 Å². The summed E-state index contributed by atoms with van der Waals surface area (Å²) in [5, 5.41) is 0.184. The SMILES string of the molecule is C[C@H]1[C@@H](c2ccccc2)OP(Cl)N1C.Cc1cn(C2CC(OP3O[C@H](c4ccccc4)[C@H](C)N3C)C(C[Si](C)(C)C(C)(C)C)O2)c(=O)[nH]c1=O.O. The smallest absolute Gasteiger partial charge is 0.330 e. The molecule has 6 rings (SSSR count). The molecule has 0 amide bonds. The van der Waals surface area contributed by atoms with Gasteiger partial charge in [0.1, 0.15) is 18.4 Å². The van der Waals surface area contributed by atoms with Crippen LogP contribution in [0.25, 0.3) is 0 Å². The van der Waals surface area contributed by atoms with E-state index in [1.165, 1.54) is 10.1 Å². The molecule has 3 aliphatic rings. The molecule has 9 atom stereocenters. The highest BCUT2D eigenvalue weighted by Crippen LogP contribution is 2.59. The van der Waals surface area contributed by atoms with Crippen LogP contribution >= 0.6 is 27.4 Å². The third-order valence-corrected chi connectivity index (χ3v) is 20.3. The molecule has 282 valence electrons. The Morgan fingerprint density at radius 1 is 0.922 bits per heavy atom. The molecule has 1 aromatic heterocycles. The van der Waals surface area contributed by atoms with Crippen molar-refractivity contribution in [1.29, 1.82) is 0 Å². The van der Waals surface area contributed by atoms with Crippen LogP contribution < -0.4 is 11.2 Å². The Balaban J connectivity index is 0.000000325. The number of likely N-dealkylation sites (N-methyl/N-ethyl adjacent to an activating group) is 2. The summed E-state index contributed by atoms with van der Waals surface area (Å²) in [6, 6.07) is 21.9. The molecule has 5 unspecified atom stereocenters. The van der Waals surface area contributed by atoms with Gasteiger partial charge in [0.2, 0.25) is 7.65 Å². The normalized spacial score (nSPS) is 30.1. The predicted octanol–water partition coefficient (Wildman–Crippen LogP) is 8.06. The van der Waals surface area contributed by atoms with Crippen molar-refractivity contribution >= 4 is 35.5 Å². The fourth-order valence-electron chi connectivity index (χ4n) is 6.15. The first kappa shape index (κ1) is 42.0. The number of aromatic amines is 1. The van der Waals surface area contributed by atoms with E-state index in [1.807, 2.05) is 50.5 Å². The lowest BCUT2D eigenvalue weighted by Crippen LogP contribution is -2.42. The lowest BCUT2D eigenvalue weighted by Gasteiger charge is -2.39. The van der Waals surface area contributed by atoms with Crippen LogP contribution in [0, 0.1) is 6.92 Å². The Morgan fingerprint density at radius 3 is 1.96 bits per heavy atom. The molecule has 51 heavy (non-hydrogen) atoms. The van der Waals surface area contributed by atoms with Gasteiger partial charge in [0.05, 0.1) is 20.3 Å². The fraction of sp³-hybridized carbons (Fsp3) is 0.556. The van der Waals surface area contributed by atoms with Gasteiger partial charge < -0.3 is 23.8 Å². The van der Waals surface area contributed by atoms with Crippen LogP contribution in [-0.4, -0.2) is 70.8 Å². The minimum Gasteiger partial charge on any atom is -0.412 e. The number of hydrogen-bond acceptors (Lipinski definition) is 8. The average molecular weight is 781 g/mol. The van der Waals surface area contributed by atoms with E-state index in [4.69, 9.17) is 29.5 Å². The molecule has 0 spiro atoms. The standard InChI is InChI=1S/C26H40N3O5PSi.C10H13ClNOP.H2O/c1-17-15-29(25(31)27-24(17)30)22-14-20(21(32-22)16-36(7,8)26(3,4)5)33-35-28(6)18(2)23(34-35)19-12-10-9-11-13-19;1-8-10(13-14(11)12(8)2)9-6-4-3-5-7-9;/h9-13,15,18,20-23H,14,16H2,1-8H3,(H,27,30,31);3-8,10H,1-2H3;1H2/t18-,20?,21?,22?,23-,35?;8-,10-,14?;/m00./s1. The second-order valence-electron chi connectivity index (χ2n) is 15.3. The Labute approximate surface area is 310 Å². The molecule has 0 aliphatic carbocycles. The summed E-state index contributed by atoms with van der Waals surface area (Å²) in [4.78, 5) is 27.0. The van der Waals surface area contributed by atoms with E-state index in [1.54, 1.807) is 13.1 Å². The predicted molar refractivity (Wildman–Crippen MR) is 210 cm³/mol. The van der Waals surface area contributed by atoms with Crippen molar-refractivity contribution in [3.8, 4) is 0 Å². The topological polar surface area (TPSA) is 130 Å². The highest BCUT2D eigenvalue weighted by Gasteiger charge is 2.48. The van der Waals surface area contributed by atoms with Crippen LogP contribution in [0.3, 0.4) is 0 Å². The van der Waals surface area contributed by atoms with Gasteiger partial charge in [-0.3, -0.25) is 14.3 Å². The molecule has 3 N–H and O–H groups in total. The molecule has 15 heteroatoms. The molecule has 0 radical (unpaired) electrons. The van der Waals surface area contributed by atoms with Crippen molar-refractivity contribution in [2.75, 3.05) is 14.1 Å². The van der Waals surface area contributed by atoms with E-state index in [0.29, 0.717) is 18.0 Å². The Hall–Kier alpha value is -1.79. The van der Waals surface area contributed by atoms with E-state index in [0.717, 1.165) is 11.6 Å². The maximum Gasteiger partial charge on any atom is 0.330 e. The van der Waals surface area contributed by atoms with Gasteiger partial charge in [0, 0.05) is 30.3 Å². The third-order valence-electron chi connectivity index (χ3n) is 10.8. The minimum absolute atomic E-state index is 0. The molecule has 3 saturated heterocycles. The fourth-order valence-corrected chi connectivity index (χ4v) is 11.6. The first-order valence-corrected chi connectivity index (χ1v) is 23.7. The number of rotatable bonds is 7. The van der Waals surface area contributed by atoms with Crippen molar-refractivity contribution in [1.82, 2.24) is 18.9 Å². The van der Waals surface area contributed by atoms with E-state index >= 15 is 0 Å². The van der Waals surface area contributed by atoms with Crippen LogP contribution in [0.15, 0.2) is 76.4 Å². The van der Waals surface area contributed by atoms with Crippen LogP contribution in [0.4, 0.5) is 0 Å². The summed E-state index contributed by atoms with van der Waals surface area (Å²) < 4.78 is 31.2. The molecule has 4 heterocycles. The highest BCUT2D eigenvalue weighted by atomic mass is 35.7.